The molecule has 0 radical (unpaired) electrons. The van der Waals surface area contributed by atoms with Gasteiger partial charge in [0.05, 0.1) is 0 Å². The topological polar surface area (TPSA) is 53.0 Å². The van der Waals surface area contributed by atoms with E-state index in [1.165, 1.54) is 5.39 Å². The number of aliphatic hydroxyl groups is 2. The maximum Gasteiger partial charge on any atom is 0.118 e. The van der Waals surface area contributed by atoms with Gasteiger partial charge in [0.1, 0.15) is 24.4 Å². The van der Waals surface area contributed by atoms with Gasteiger partial charge < -0.3 is 14.9 Å². The van der Waals surface area contributed by atoms with Crippen molar-refractivity contribution in [1.82, 2.24) is 0 Å². The number of benzene rings is 3. The summed E-state index contributed by atoms with van der Waals surface area (Å²) in [4.78, 5) is 0. The Morgan fingerprint density at radius 2 is 1.62 bits per heavy atom. The second-order valence-electron chi connectivity index (χ2n) is 5.95. The van der Waals surface area contributed by atoms with Crippen LogP contribution in [-0.4, -0.2) is 22.4 Å². The lowest BCUT2D eigenvalue weighted by molar-refractivity contribution is 0.000831. The van der Waals surface area contributed by atoms with Crippen LogP contribution in [0.4, 0.5) is 0 Å². The predicted molar refractivity (Wildman–Crippen MR) is 80.0 cm³/mol. The van der Waals surface area contributed by atoms with Crippen molar-refractivity contribution in [2.45, 2.75) is 24.4 Å². The summed E-state index contributed by atoms with van der Waals surface area (Å²) < 4.78 is 5.51. The van der Waals surface area contributed by atoms with E-state index >= 15 is 0 Å². The average molecular weight is 278 g/mol. The third-order valence-electron chi connectivity index (χ3n) is 4.75. The Labute approximate surface area is 121 Å². The molecular weight excluding hydrogens is 264 g/mol. The molecule has 3 aromatic carbocycles. The summed E-state index contributed by atoms with van der Waals surface area (Å²) in [6.07, 6.45) is -2.02. The number of epoxide rings is 1. The summed E-state index contributed by atoms with van der Waals surface area (Å²) >= 11 is 0. The Hall–Kier alpha value is -1.94. The fourth-order valence-electron chi connectivity index (χ4n) is 3.62. The molecule has 2 N–H and O–H groups in total. The van der Waals surface area contributed by atoms with E-state index in [1.807, 2.05) is 18.2 Å². The lowest BCUT2D eigenvalue weighted by atomic mass is 9.83. The number of fused-ring (bicyclic) bond motifs is 6. The largest absolute Gasteiger partial charge is 0.387 e. The van der Waals surface area contributed by atoms with Crippen LogP contribution in [0.15, 0.2) is 48.5 Å². The quantitative estimate of drug-likeness (QED) is 0.491. The van der Waals surface area contributed by atoms with E-state index in [0.717, 1.165) is 27.3 Å². The molecule has 3 aromatic rings. The highest BCUT2D eigenvalue weighted by molar-refractivity contribution is 6.00. The highest BCUT2D eigenvalue weighted by atomic mass is 16.6. The van der Waals surface area contributed by atoms with Crippen molar-refractivity contribution in [3.05, 3.63) is 59.7 Å². The van der Waals surface area contributed by atoms with Crippen molar-refractivity contribution >= 4 is 21.5 Å². The van der Waals surface area contributed by atoms with Gasteiger partial charge in [0, 0.05) is 0 Å². The Balaban J connectivity index is 1.88. The Kier molecular flexibility index (Phi) is 2.13. The summed E-state index contributed by atoms with van der Waals surface area (Å²) in [6, 6.07) is 16.5. The van der Waals surface area contributed by atoms with Crippen LogP contribution in [0.1, 0.15) is 23.3 Å². The van der Waals surface area contributed by atoms with E-state index in [4.69, 9.17) is 4.74 Å². The van der Waals surface area contributed by atoms with Crippen LogP contribution in [0.2, 0.25) is 0 Å². The zero-order valence-corrected chi connectivity index (χ0v) is 11.2. The van der Waals surface area contributed by atoms with Gasteiger partial charge in [0.2, 0.25) is 0 Å². The number of rotatable bonds is 0. The third-order valence-corrected chi connectivity index (χ3v) is 4.75. The van der Waals surface area contributed by atoms with Gasteiger partial charge in [-0.25, -0.2) is 0 Å². The molecular formula is C18H14O3. The molecule has 4 atom stereocenters. The second-order valence-corrected chi connectivity index (χ2v) is 5.95. The molecule has 3 nitrogen and oxygen atoms in total. The van der Waals surface area contributed by atoms with Crippen LogP contribution in [0.3, 0.4) is 0 Å². The minimum atomic E-state index is -0.881. The highest BCUT2D eigenvalue weighted by Gasteiger charge is 2.54. The van der Waals surface area contributed by atoms with Gasteiger partial charge >= 0.3 is 0 Å². The summed E-state index contributed by atoms with van der Waals surface area (Å²) in [5.74, 6) is 0. The van der Waals surface area contributed by atoms with Gasteiger partial charge in [0.15, 0.2) is 0 Å². The minimum absolute atomic E-state index is 0.0609. The van der Waals surface area contributed by atoms with Gasteiger partial charge in [-0.2, -0.15) is 0 Å². The summed E-state index contributed by atoms with van der Waals surface area (Å²) in [5.41, 5.74) is 1.84. The van der Waals surface area contributed by atoms with Crippen LogP contribution in [-0.2, 0) is 4.74 Å². The molecule has 1 aliphatic carbocycles. The van der Waals surface area contributed by atoms with E-state index in [0.29, 0.717) is 0 Å². The van der Waals surface area contributed by atoms with Crippen molar-refractivity contribution in [3.8, 4) is 0 Å². The van der Waals surface area contributed by atoms with Crippen LogP contribution in [0.5, 0.6) is 0 Å². The first-order valence-electron chi connectivity index (χ1n) is 7.21. The summed E-state index contributed by atoms with van der Waals surface area (Å²) in [5, 5.41) is 25.0. The normalized spacial score (nSPS) is 30.2. The molecule has 0 aromatic heterocycles. The molecule has 1 heterocycles. The zero-order chi connectivity index (χ0) is 14.1. The maximum atomic E-state index is 10.5. The van der Waals surface area contributed by atoms with Crippen molar-refractivity contribution < 1.29 is 14.9 Å². The second kappa shape index (κ2) is 3.83. The van der Waals surface area contributed by atoms with Gasteiger partial charge in [-0.3, -0.25) is 0 Å². The standard InChI is InChI=1S/C18H14O3/c19-15-14-12(17-18(21-17)16(15)20)6-5-11-7-9-3-1-2-4-10(9)8-13(11)14/h1-8,15-20H/t15-,16+,17-,18+/m1/s1. The van der Waals surface area contributed by atoms with Gasteiger partial charge in [0.25, 0.3) is 0 Å². The molecule has 2 aliphatic rings. The minimum Gasteiger partial charge on any atom is -0.387 e. The number of hydrogen-bond donors (Lipinski definition) is 2. The van der Waals surface area contributed by atoms with Crippen LogP contribution >= 0.6 is 0 Å². The lowest BCUT2D eigenvalue weighted by Gasteiger charge is -2.25. The van der Waals surface area contributed by atoms with Gasteiger partial charge in [-0.1, -0.05) is 36.4 Å². The molecule has 21 heavy (non-hydrogen) atoms. The summed E-state index contributed by atoms with van der Waals surface area (Å²) in [7, 11) is 0. The Morgan fingerprint density at radius 1 is 0.857 bits per heavy atom. The first-order chi connectivity index (χ1) is 10.2. The van der Waals surface area contributed by atoms with Crippen LogP contribution in [0, 0.1) is 0 Å². The fraction of sp³-hybridized carbons (Fsp3) is 0.222. The van der Waals surface area contributed by atoms with Crippen molar-refractivity contribution in [2.24, 2.45) is 0 Å². The zero-order valence-electron chi connectivity index (χ0n) is 11.2. The van der Waals surface area contributed by atoms with E-state index in [-0.39, 0.29) is 12.2 Å². The van der Waals surface area contributed by atoms with Crippen LogP contribution in [0.25, 0.3) is 21.5 Å². The molecule has 5 rings (SSSR count). The first kappa shape index (κ1) is 11.7. The number of hydrogen-bond acceptors (Lipinski definition) is 3. The first-order valence-corrected chi connectivity index (χ1v) is 7.21. The molecule has 0 saturated carbocycles. The Bertz CT molecular complexity index is 886. The van der Waals surface area contributed by atoms with E-state index in [2.05, 4.69) is 30.3 Å². The average Bonchev–Trinajstić information content (AvgIpc) is 3.30. The molecule has 0 unspecified atom stereocenters. The molecule has 1 fully saturated rings. The lowest BCUT2D eigenvalue weighted by Crippen LogP contribution is -2.29. The predicted octanol–water partition coefficient (Wildman–Crippen LogP) is 2.84. The summed E-state index contributed by atoms with van der Waals surface area (Å²) in [6.45, 7) is 0. The molecule has 3 heteroatoms. The Morgan fingerprint density at radius 3 is 2.43 bits per heavy atom. The van der Waals surface area contributed by atoms with Crippen molar-refractivity contribution in [2.75, 3.05) is 0 Å². The molecule has 0 amide bonds. The smallest absolute Gasteiger partial charge is 0.118 e. The van der Waals surface area contributed by atoms with E-state index in [1.54, 1.807) is 0 Å². The monoisotopic (exact) mass is 278 g/mol. The van der Waals surface area contributed by atoms with E-state index in [9.17, 15) is 10.2 Å². The molecule has 0 bridgehead atoms. The number of ether oxygens (including phenoxy) is 1. The van der Waals surface area contributed by atoms with Crippen molar-refractivity contribution in [1.29, 1.82) is 0 Å². The maximum absolute atomic E-state index is 10.5. The third kappa shape index (κ3) is 1.48. The highest BCUT2D eigenvalue weighted by Crippen LogP contribution is 2.52. The SMILES string of the molecule is O[C@@H]1[C@@H]2O[C@@H]2c2ccc3cc4ccccc4cc3c2[C@H]1O. The van der Waals surface area contributed by atoms with Crippen LogP contribution < -0.4 is 0 Å². The van der Waals surface area contributed by atoms with E-state index < -0.39 is 12.2 Å². The fourth-order valence-corrected chi connectivity index (χ4v) is 3.62. The number of aliphatic hydroxyl groups excluding tert-OH is 2. The molecule has 1 aliphatic heterocycles. The molecule has 104 valence electrons. The molecule has 0 spiro atoms. The van der Waals surface area contributed by atoms with Crippen molar-refractivity contribution in [3.63, 3.8) is 0 Å². The van der Waals surface area contributed by atoms with Gasteiger partial charge in [-0.05, 0) is 44.8 Å². The molecule has 1 saturated heterocycles. The van der Waals surface area contributed by atoms with Gasteiger partial charge in [-0.15, -0.1) is 0 Å².